The molecule has 26 heteroatoms. The zero-order chi connectivity index (χ0) is 64.7. The molecule has 7 rings (SSSR count). The second kappa shape index (κ2) is 29.3. The van der Waals surface area contributed by atoms with E-state index < -0.39 is 107 Å². The molecule has 5 amide bonds. The number of carboxylic acids is 1. The third-order valence-corrected chi connectivity index (χ3v) is 15.9. The van der Waals surface area contributed by atoms with Crippen LogP contribution in [-0.2, 0) is 38.4 Å². The van der Waals surface area contributed by atoms with Crippen LogP contribution in [0.3, 0.4) is 0 Å². The van der Waals surface area contributed by atoms with E-state index >= 15 is 0 Å². The second-order valence-electron chi connectivity index (χ2n) is 24.4. The summed E-state index contributed by atoms with van der Waals surface area (Å²) < 4.78 is 82.0. The first-order chi connectivity index (χ1) is 40.5. The van der Waals surface area contributed by atoms with Crippen LogP contribution in [-0.4, -0.2) is 122 Å². The van der Waals surface area contributed by atoms with Crippen LogP contribution in [0.15, 0.2) is 72.8 Å². The largest absolute Gasteiger partial charge is 0.480 e. The highest BCUT2D eigenvalue weighted by Gasteiger charge is 2.45. The molecule has 5 heterocycles. The van der Waals surface area contributed by atoms with Gasteiger partial charge < -0.3 is 26.8 Å². The van der Waals surface area contributed by atoms with Crippen molar-refractivity contribution in [1.82, 2.24) is 46.8 Å². The number of amides is 5. The zero-order valence-corrected chi connectivity index (χ0v) is 51.6. The Balaban J connectivity index is 0.000000317. The number of carboxylic acid groups (broad SMARTS) is 1. The van der Waals surface area contributed by atoms with Crippen molar-refractivity contribution in [2.45, 2.75) is 156 Å². The predicted octanol–water partition coefficient (Wildman–Crippen LogP) is 8.81. The average molecular weight is 1260 g/mol. The topological polar surface area (TPSA) is 275 Å². The molecule has 2 aromatic carbocycles. The standard InChI is InChI=1S/C31H40F3N5O5.C31H38F3N5O4.ClH/c1-17(2)21(27(41)36-18(3)28(42)39-14-6-7-23(38-39)29(43)44)16-25(40)30(4,5)13-12-19-8-9-20-10-11-22(37-24(20)15-19)26(35)31(32,33)34;1-17(2)21-16-25(40)30(4,5)13-12-19-8-9-20-10-11-22(36-24(20)15-19)26(31(32,33)34)37-28(42)23-7-6-14-39(38-23)29(43)18(3)35-27(21)41;/h8-13,15,17-18,21,23,26,38H,6-7,14,16,35H2,1-5H3,(H,36,41)(H,43,44);8-13,15,17-18,21,23,26,38H,6-7,14,16H2,1-5H3,(H,35,41)(H,37,42);1H/b2*13-12+;/t2*18-,21-,23-,26-;/m00./s1. The minimum absolute atomic E-state index is 0. The van der Waals surface area contributed by atoms with Gasteiger partial charge in [-0.15, -0.1) is 12.4 Å². The predicted molar refractivity (Wildman–Crippen MR) is 321 cm³/mol. The van der Waals surface area contributed by atoms with Gasteiger partial charge in [0.2, 0.25) is 17.7 Å². The van der Waals surface area contributed by atoms with E-state index in [1.165, 1.54) is 43.1 Å². The highest BCUT2D eigenvalue weighted by molar-refractivity contribution is 5.95. The van der Waals surface area contributed by atoms with Crippen LogP contribution >= 0.6 is 12.4 Å². The van der Waals surface area contributed by atoms with E-state index in [1.807, 2.05) is 13.8 Å². The third kappa shape index (κ3) is 18.4. The Morgan fingerprint density at radius 2 is 1.45 bits per heavy atom. The van der Waals surface area contributed by atoms with Crippen molar-refractivity contribution >= 4 is 93.4 Å². The van der Waals surface area contributed by atoms with Crippen LogP contribution < -0.4 is 32.5 Å². The van der Waals surface area contributed by atoms with Gasteiger partial charge in [-0.3, -0.25) is 58.3 Å². The molecule has 480 valence electrons. The number of alkyl halides is 6. The first-order valence-corrected chi connectivity index (χ1v) is 28.9. The Hall–Kier alpha value is -7.35. The summed E-state index contributed by atoms with van der Waals surface area (Å²) in [7, 11) is 0. The van der Waals surface area contributed by atoms with Gasteiger partial charge in [0, 0.05) is 59.4 Å². The molecule has 19 nitrogen and oxygen atoms in total. The maximum atomic E-state index is 14.2. The fourth-order valence-corrected chi connectivity index (χ4v) is 10.0. The number of nitrogens with one attached hydrogen (secondary N) is 5. The van der Waals surface area contributed by atoms with Crippen LogP contribution in [0.5, 0.6) is 0 Å². The van der Waals surface area contributed by atoms with Gasteiger partial charge in [-0.1, -0.05) is 88.4 Å². The van der Waals surface area contributed by atoms with Crippen LogP contribution in [0.25, 0.3) is 34.0 Å². The van der Waals surface area contributed by atoms with Gasteiger partial charge >= 0.3 is 18.3 Å². The number of hydrogen-bond donors (Lipinski definition) is 7. The van der Waals surface area contributed by atoms with E-state index in [0.717, 1.165) is 5.01 Å². The Labute approximate surface area is 513 Å². The number of halogens is 7. The molecule has 5 bridgehead atoms. The fraction of sp³-hybridized carbons (Fsp3) is 0.516. The number of nitrogens with zero attached hydrogens (tertiary/aromatic N) is 4. The number of rotatable bonds is 12. The number of ketones is 2. The van der Waals surface area contributed by atoms with Crippen molar-refractivity contribution in [3.05, 3.63) is 95.3 Å². The summed E-state index contributed by atoms with van der Waals surface area (Å²) in [5.74, 6) is -6.18. The number of Topliss-reactive ketones (excluding diaryl/α,β-unsaturated/α-hetero) is 2. The van der Waals surface area contributed by atoms with Crippen LogP contribution in [0.4, 0.5) is 26.3 Å². The number of allylic oxidation sites excluding steroid dienone is 2. The fourth-order valence-electron chi connectivity index (χ4n) is 10.0. The van der Waals surface area contributed by atoms with E-state index in [9.17, 15) is 69.8 Å². The van der Waals surface area contributed by atoms with Crippen molar-refractivity contribution < 1.29 is 69.8 Å². The van der Waals surface area contributed by atoms with Crippen LogP contribution in [0.1, 0.15) is 142 Å². The summed E-state index contributed by atoms with van der Waals surface area (Å²) in [6.07, 6.45) is -1.42. The minimum atomic E-state index is -4.84. The lowest BCUT2D eigenvalue weighted by Gasteiger charge is -2.35. The van der Waals surface area contributed by atoms with E-state index in [-0.39, 0.29) is 78.5 Å². The summed E-state index contributed by atoms with van der Waals surface area (Å²) in [6, 6.07) is 7.14. The summed E-state index contributed by atoms with van der Waals surface area (Å²) in [5.41, 5.74) is 9.94. The number of pyridine rings is 2. The Morgan fingerprint density at radius 3 is 2.08 bits per heavy atom. The molecule has 2 fully saturated rings. The maximum Gasteiger partial charge on any atom is 0.414 e. The molecule has 4 aromatic rings. The molecule has 2 saturated heterocycles. The van der Waals surface area contributed by atoms with Crippen molar-refractivity contribution in [3.8, 4) is 0 Å². The second-order valence-corrected chi connectivity index (χ2v) is 24.4. The molecular weight excluding hydrogens is 1180 g/mol. The molecule has 8 atom stereocenters. The van der Waals surface area contributed by atoms with Gasteiger partial charge in [-0.05, 0) is 114 Å². The number of nitrogens with two attached hydrogens (primary N) is 1. The van der Waals surface area contributed by atoms with E-state index in [4.69, 9.17) is 5.73 Å². The number of aromatic nitrogens is 2. The van der Waals surface area contributed by atoms with Gasteiger partial charge in [-0.25, -0.2) is 10.9 Å². The lowest BCUT2D eigenvalue weighted by atomic mass is 9.79. The molecule has 8 N–H and O–H groups in total. The van der Waals surface area contributed by atoms with Crippen LogP contribution in [0.2, 0.25) is 0 Å². The maximum absolute atomic E-state index is 14.2. The molecule has 0 unspecified atom stereocenters. The van der Waals surface area contributed by atoms with Crippen LogP contribution in [0, 0.1) is 34.5 Å². The molecule has 0 spiro atoms. The van der Waals surface area contributed by atoms with Gasteiger partial charge in [0.1, 0.15) is 41.8 Å². The highest BCUT2D eigenvalue weighted by Crippen LogP contribution is 2.35. The summed E-state index contributed by atoms with van der Waals surface area (Å²) in [4.78, 5) is 112. The quantitative estimate of drug-likeness (QED) is 0.0653. The number of hydrazine groups is 2. The van der Waals surface area contributed by atoms with E-state index in [0.29, 0.717) is 53.2 Å². The number of aliphatic carboxylic acids is 1. The third-order valence-electron chi connectivity index (χ3n) is 15.9. The lowest BCUT2D eigenvalue weighted by molar-refractivity contribution is -0.166. The summed E-state index contributed by atoms with van der Waals surface area (Å²) in [6.45, 7) is 17.6. The molecule has 3 aliphatic heterocycles. The molecule has 88 heavy (non-hydrogen) atoms. The highest BCUT2D eigenvalue weighted by atomic mass is 35.5. The first-order valence-electron chi connectivity index (χ1n) is 28.9. The smallest absolute Gasteiger partial charge is 0.414 e. The number of fused-ring (bicyclic) bond motifs is 5. The molecule has 0 aliphatic carbocycles. The van der Waals surface area contributed by atoms with Crippen molar-refractivity contribution in [2.75, 3.05) is 13.1 Å². The normalized spacial score (nSPS) is 22.2. The Bertz CT molecular complexity index is 3300. The SMILES string of the molecule is CC(C)[C@@H]1CC(=O)C(C)(C)/C=C/c2ccc3ccc(nc3c2)[C@@H](C(F)(F)F)NC(=O)[C@@H]2CCCN(N2)C(=O)[C@H](C)NC1=O.CC(C)[C@H](CC(=O)C(C)(C)/C=C/c1ccc2ccc([C@H](N)C(F)(F)F)nc2c1)C(=O)N[C@@H](C)C(=O)N1CCC[C@@H](C(=O)O)N1.Cl. The lowest BCUT2D eigenvalue weighted by Crippen LogP contribution is -2.61. The monoisotopic (exact) mass is 1260 g/mol. The molecule has 3 aliphatic rings. The molecule has 2 aromatic heterocycles. The van der Waals surface area contributed by atoms with E-state index in [2.05, 4.69) is 36.8 Å². The number of carbonyl (C=O) groups excluding carboxylic acids is 7. The number of carbonyl (C=O) groups is 8. The van der Waals surface area contributed by atoms with Crippen molar-refractivity contribution in [1.29, 1.82) is 0 Å². The minimum Gasteiger partial charge on any atom is -0.480 e. The van der Waals surface area contributed by atoms with E-state index in [1.54, 1.807) is 102 Å². The van der Waals surface area contributed by atoms with Gasteiger partial charge in [-0.2, -0.15) is 26.3 Å². The summed E-state index contributed by atoms with van der Waals surface area (Å²) in [5, 5.41) is 20.3. The summed E-state index contributed by atoms with van der Waals surface area (Å²) >= 11 is 0. The van der Waals surface area contributed by atoms with Gasteiger partial charge in [0.05, 0.1) is 22.4 Å². The molecule has 0 saturated carbocycles. The molecular formula is C62H79ClF6N10O9. The zero-order valence-electron chi connectivity index (χ0n) is 50.8. The van der Waals surface area contributed by atoms with Gasteiger partial charge in [0.25, 0.3) is 11.8 Å². The van der Waals surface area contributed by atoms with Gasteiger partial charge in [0.15, 0.2) is 6.04 Å². The van der Waals surface area contributed by atoms with Crippen molar-refractivity contribution in [3.63, 3.8) is 0 Å². The van der Waals surface area contributed by atoms with Crippen molar-refractivity contribution in [2.24, 2.45) is 40.2 Å². The number of benzene rings is 2. The Morgan fingerprint density at radius 1 is 0.830 bits per heavy atom. The number of hydrogen-bond acceptors (Lipinski definition) is 13. The Kier molecular flexibility index (Phi) is 23.8. The first kappa shape index (κ1) is 71.4. The average Bonchev–Trinajstić information content (AvgIpc) is 3.07. The molecule has 0 radical (unpaired) electrons.